The highest BCUT2D eigenvalue weighted by Gasteiger charge is 2.37. The summed E-state index contributed by atoms with van der Waals surface area (Å²) in [5.74, 6) is -1.75. The van der Waals surface area contributed by atoms with Crippen LogP contribution in [0, 0.1) is 9.39 Å². The molecule has 0 fully saturated rings. The molecule has 0 saturated carbocycles. The number of benzene rings is 2. The first-order valence-corrected chi connectivity index (χ1v) is 7.08. The van der Waals surface area contributed by atoms with Gasteiger partial charge in [-0.15, -0.1) is 0 Å². The summed E-state index contributed by atoms with van der Waals surface area (Å²) in [6.07, 6.45) is 0. The average molecular weight is 402 g/mol. The predicted octanol–water partition coefficient (Wildman–Crippen LogP) is 3.88. The molecule has 0 aromatic heterocycles. The molecule has 20 heavy (non-hydrogen) atoms. The third-order valence-electron chi connectivity index (χ3n) is 3.02. The Morgan fingerprint density at radius 3 is 2.15 bits per heavy atom. The van der Waals surface area contributed by atoms with Gasteiger partial charge < -0.3 is 0 Å². The minimum absolute atomic E-state index is 0.0787. The van der Waals surface area contributed by atoms with E-state index in [9.17, 15) is 14.0 Å². The Morgan fingerprint density at radius 1 is 1.05 bits per heavy atom. The van der Waals surface area contributed by atoms with Crippen molar-refractivity contribution in [1.82, 2.24) is 0 Å². The van der Waals surface area contributed by atoms with Crippen LogP contribution >= 0.6 is 34.2 Å². The van der Waals surface area contributed by atoms with Gasteiger partial charge in [0.25, 0.3) is 11.8 Å². The van der Waals surface area contributed by atoms with Crippen molar-refractivity contribution in [3.63, 3.8) is 0 Å². The van der Waals surface area contributed by atoms with E-state index in [4.69, 9.17) is 11.6 Å². The summed E-state index contributed by atoms with van der Waals surface area (Å²) in [6.45, 7) is 0. The van der Waals surface area contributed by atoms with Crippen molar-refractivity contribution in [2.24, 2.45) is 0 Å². The number of hydrogen-bond donors (Lipinski definition) is 0. The van der Waals surface area contributed by atoms with E-state index >= 15 is 0 Å². The Labute approximate surface area is 132 Å². The van der Waals surface area contributed by atoms with Crippen LogP contribution in [0.2, 0.25) is 5.02 Å². The van der Waals surface area contributed by atoms with Crippen molar-refractivity contribution < 1.29 is 14.0 Å². The first kappa shape index (κ1) is 13.5. The predicted molar refractivity (Wildman–Crippen MR) is 81.7 cm³/mol. The van der Waals surface area contributed by atoms with Crippen molar-refractivity contribution in [2.45, 2.75) is 0 Å². The maximum absolute atomic E-state index is 14.0. The van der Waals surface area contributed by atoms with Crippen molar-refractivity contribution in [3.8, 4) is 0 Å². The maximum atomic E-state index is 14.0. The summed E-state index contributed by atoms with van der Waals surface area (Å²) in [4.78, 5) is 25.4. The van der Waals surface area contributed by atoms with E-state index in [0.29, 0.717) is 3.57 Å². The van der Waals surface area contributed by atoms with Crippen LogP contribution in [0.5, 0.6) is 0 Å². The lowest BCUT2D eigenvalue weighted by Gasteiger charge is -2.15. The van der Waals surface area contributed by atoms with Crippen LogP contribution in [0.1, 0.15) is 20.7 Å². The largest absolute Gasteiger partial charge is 0.268 e. The molecule has 1 heterocycles. The highest BCUT2D eigenvalue weighted by atomic mass is 127. The van der Waals surface area contributed by atoms with E-state index in [1.54, 1.807) is 24.3 Å². The summed E-state index contributed by atoms with van der Waals surface area (Å²) in [5.41, 5.74) is 0.480. The number of halogens is 3. The molecular weight excluding hydrogens is 396 g/mol. The summed E-state index contributed by atoms with van der Waals surface area (Å²) < 4.78 is 14.6. The zero-order valence-electron chi connectivity index (χ0n) is 9.86. The first-order valence-electron chi connectivity index (χ1n) is 5.63. The maximum Gasteiger partial charge on any atom is 0.266 e. The van der Waals surface area contributed by atoms with Crippen LogP contribution in [0.25, 0.3) is 0 Å². The summed E-state index contributed by atoms with van der Waals surface area (Å²) in [7, 11) is 0. The van der Waals surface area contributed by atoms with E-state index in [2.05, 4.69) is 0 Å². The molecule has 3 nitrogen and oxygen atoms in total. The van der Waals surface area contributed by atoms with E-state index in [1.165, 1.54) is 6.07 Å². The second-order valence-corrected chi connectivity index (χ2v) is 5.78. The van der Waals surface area contributed by atoms with Gasteiger partial charge >= 0.3 is 0 Å². The van der Waals surface area contributed by atoms with Gasteiger partial charge in [0, 0.05) is 3.57 Å². The second-order valence-electron chi connectivity index (χ2n) is 4.21. The van der Waals surface area contributed by atoms with Gasteiger partial charge in [-0.05, 0) is 46.9 Å². The highest BCUT2D eigenvalue weighted by molar-refractivity contribution is 14.1. The lowest BCUT2D eigenvalue weighted by molar-refractivity contribution is 0.0925. The molecule has 0 atom stereocenters. The number of hydrogen-bond acceptors (Lipinski definition) is 2. The van der Waals surface area contributed by atoms with E-state index < -0.39 is 17.6 Å². The number of rotatable bonds is 1. The van der Waals surface area contributed by atoms with Crippen LogP contribution in [-0.4, -0.2) is 11.8 Å². The molecule has 0 spiro atoms. The van der Waals surface area contributed by atoms with Gasteiger partial charge in [-0.1, -0.05) is 23.7 Å². The SMILES string of the molecule is O=C1c2ccccc2C(=O)N1c1cc(I)c(Cl)cc1F. The van der Waals surface area contributed by atoms with Crippen LogP contribution < -0.4 is 4.90 Å². The van der Waals surface area contributed by atoms with Crippen molar-refractivity contribution in [2.75, 3.05) is 4.90 Å². The molecule has 1 aliphatic rings. The van der Waals surface area contributed by atoms with Gasteiger partial charge in [-0.25, -0.2) is 9.29 Å². The Balaban J connectivity index is 2.17. The topological polar surface area (TPSA) is 37.4 Å². The number of amides is 2. The molecule has 0 N–H and O–H groups in total. The first-order chi connectivity index (χ1) is 9.50. The van der Waals surface area contributed by atoms with Crippen molar-refractivity contribution >= 4 is 51.7 Å². The van der Waals surface area contributed by atoms with E-state index in [1.807, 2.05) is 22.6 Å². The van der Waals surface area contributed by atoms with Gasteiger partial charge in [0.05, 0.1) is 21.8 Å². The Morgan fingerprint density at radius 2 is 1.60 bits per heavy atom. The number of nitrogens with zero attached hydrogens (tertiary/aromatic N) is 1. The number of carbonyl (C=O) groups excluding carboxylic acids is 2. The smallest absolute Gasteiger partial charge is 0.266 e. The molecule has 2 amide bonds. The van der Waals surface area contributed by atoms with Crippen LogP contribution in [-0.2, 0) is 0 Å². The van der Waals surface area contributed by atoms with Gasteiger partial charge in [0.15, 0.2) is 0 Å². The lowest BCUT2D eigenvalue weighted by Crippen LogP contribution is -2.30. The van der Waals surface area contributed by atoms with Crippen molar-refractivity contribution in [1.29, 1.82) is 0 Å². The lowest BCUT2D eigenvalue weighted by atomic mass is 10.1. The molecule has 2 aromatic carbocycles. The normalized spacial score (nSPS) is 13.8. The zero-order valence-corrected chi connectivity index (χ0v) is 12.8. The molecule has 0 saturated heterocycles. The fourth-order valence-corrected chi connectivity index (χ4v) is 2.69. The van der Waals surface area contributed by atoms with E-state index in [-0.39, 0.29) is 21.8 Å². The highest BCUT2D eigenvalue weighted by Crippen LogP contribution is 2.33. The molecule has 1 aliphatic heterocycles. The minimum atomic E-state index is -0.704. The van der Waals surface area contributed by atoms with Crippen LogP contribution in [0.3, 0.4) is 0 Å². The standard InChI is InChI=1S/C14H6ClFINO2/c15-9-5-10(16)12(6-11(9)17)18-13(19)7-3-1-2-4-8(7)14(18)20/h1-6H. The number of fused-ring (bicyclic) bond motifs is 1. The molecule has 6 heteroatoms. The van der Waals surface area contributed by atoms with Gasteiger partial charge in [-0.3, -0.25) is 9.59 Å². The van der Waals surface area contributed by atoms with Crippen LogP contribution in [0.15, 0.2) is 36.4 Å². The molecule has 3 rings (SSSR count). The monoisotopic (exact) mass is 401 g/mol. The zero-order chi connectivity index (χ0) is 14.4. The molecule has 100 valence electrons. The molecular formula is C14H6ClFINO2. The van der Waals surface area contributed by atoms with Crippen molar-refractivity contribution in [3.05, 3.63) is 61.9 Å². The third-order valence-corrected chi connectivity index (χ3v) is 4.55. The summed E-state index contributed by atoms with van der Waals surface area (Å²) in [6, 6.07) is 8.91. The van der Waals surface area contributed by atoms with Gasteiger partial charge in [0.1, 0.15) is 5.82 Å². The molecule has 2 aromatic rings. The quantitative estimate of drug-likeness (QED) is 0.413. The summed E-state index contributed by atoms with van der Waals surface area (Å²) in [5, 5.41) is 0.239. The molecule has 0 bridgehead atoms. The fourth-order valence-electron chi connectivity index (χ4n) is 2.09. The Kier molecular flexibility index (Phi) is 3.25. The fraction of sp³-hybridized carbons (Fsp3) is 0. The molecule has 0 unspecified atom stereocenters. The molecule has 0 radical (unpaired) electrons. The average Bonchev–Trinajstić information content (AvgIpc) is 2.68. The van der Waals surface area contributed by atoms with E-state index in [0.717, 1.165) is 11.0 Å². The van der Waals surface area contributed by atoms with Crippen LogP contribution in [0.4, 0.5) is 10.1 Å². The number of anilines is 1. The van der Waals surface area contributed by atoms with Gasteiger partial charge in [-0.2, -0.15) is 0 Å². The number of carbonyl (C=O) groups is 2. The van der Waals surface area contributed by atoms with Gasteiger partial charge in [0.2, 0.25) is 0 Å². The Hall–Kier alpha value is -1.47. The molecule has 0 aliphatic carbocycles. The minimum Gasteiger partial charge on any atom is -0.268 e. The third kappa shape index (κ3) is 1.92. The second kappa shape index (κ2) is 4.82. The Bertz CT molecular complexity index is 728. The summed E-state index contributed by atoms with van der Waals surface area (Å²) >= 11 is 7.74. The number of imide groups is 1.